The van der Waals surface area contributed by atoms with Crippen molar-refractivity contribution in [3.05, 3.63) is 52.5 Å². The van der Waals surface area contributed by atoms with Crippen LogP contribution < -0.4 is 5.63 Å². The van der Waals surface area contributed by atoms with Gasteiger partial charge < -0.3 is 4.52 Å². The molecule has 0 aliphatic carbocycles. The molecule has 4 heteroatoms. The Morgan fingerprint density at radius 1 is 1.10 bits per heavy atom. The van der Waals surface area contributed by atoms with Crippen LogP contribution >= 0.6 is 0 Å². The Kier molecular flexibility index (Phi) is 2.97. The van der Waals surface area contributed by atoms with Gasteiger partial charge in [-0.1, -0.05) is 45.0 Å². The average molecular weight is 282 g/mol. The molecule has 0 radical (unpaired) electrons. The first-order chi connectivity index (χ1) is 9.88. The Balaban J connectivity index is 2.30. The van der Waals surface area contributed by atoms with Crippen LogP contribution in [0.1, 0.15) is 26.5 Å². The first-order valence-electron chi connectivity index (χ1n) is 6.95. The number of pyridine rings is 1. The van der Waals surface area contributed by atoms with Crippen LogP contribution in [0.3, 0.4) is 0 Å². The monoisotopic (exact) mass is 282 g/mol. The maximum atomic E-state index is 12.2. The summed E-state index contributed by atoms with van der Waals surface area (Å²) in [6.07, 6.45) is 0. The minimum absolute atomic E-state index is 0.205. The zero-order valence-corrected chi connectivity index (χ0v) is 12.7. The van der Waals surface area contributed by atoms with Gasteiger partial charge in [-0.2, -0.15) is 0 Å². The van der Waals surface area contributed by atoms with E-state index in [2.05, 4.69) is 25.8 Å². The highest BCUT2D eigenvalue weighted by Gasteiger charge is 2.28. The predicted octanol–water partition coefficient (Wildman–Crippen LogP) is 3.49. The third kappa shape index (κ3) is 2.27. The molecule has 0 fully saturated rings. The molecule has 3 aromatic rings. The molecule has 2 aromatic heterocycles. The number of benzene rings is 1. The third-order valence-corrected chi connectivity index (χ3v) is 3.54. The summed E-state index contributed by atoms with van der Waals surface area (Å²) in [4.78, 5) is 16.8. The maximum absolute atomic E-state index is 12.2. The maximum Gasteiger partial charge on any atom is 0.367 e. The molecule has 0 unspecified atom stereocenters. The van der Waals surface area contributed by atoms with Crippen LogP contribution in [-0.2, 0) is 12.5 Å². The molecule has 0 spiro atoms. The van der Waals surface area contributed by atoms with Crippen molar-refractivity contribution < 1.29 is 4.52 Å². The van der Waals surface area contributed by atoms with Gasteiger partial charge in [0.05, 0.1) is 16.9 Å². The molecule has 0 aliphatic rings. The van der Waals surface area contributed by atoms with Gasteiger partial charge >= 0.3 is 5.63 Å². The number of aromatic nitrogens is 2. The lowest BCUT2D eigenvalue weighted by atomic mass is 9.88. The molecule has 1 aromatic carbocycles. The van der Waals surface area contributed by atoms with Crippen LogP contribution in [0.15, 0.2) is 45.7 Å². The molecule has 4 nitrogen and oxygen atoms in total. The lowest BCUT2D eigenvalue weighted by Gasteiger charge is -2.19. The zero-order chi connectivity index (χ0) is 15.2. The van der Waals surface area contributed by atoms with Crippen LogP contribution in [0, 0.1) is 0 Å². The van der Waals surface area contributed by atoms with Crippen molar-refractivity contribution in [1.29, 1.82) is 0 Å². The molecule has 2 heterocycles. The quantitative estimate of drug-likeness (QED) is 0.686. The number of fused-ring (bicyclic) bond motifs is 1. The van der Waals surface area contributed by atoms with Gasteiger partial charge in [0.1, 0.15) is 5.56 Å². The Morgan fingerprint density at radius 3 is 2.52 bits per heavy atom. The van der Waals surface area contributed by atoms with E-state index in [-0.39, 0.29) is 11.0 Å². The van der Waals surface area contributed by atoms with Crippen LogP contribution in [-0.4, -0.2) is 9.72 Å². The van der Waals surface area contributed by atoms with E-state index in [1.807, 2.05) is 36.4 Å². The summed E-state index contributed by atoms with van der Waals surface area (Å²) in [5.74, 6) is 0. The lowest BCUT2D eigenvalue weighted by Crippen LogP contribution is -2.17. The summed E-state index contributed by atoms with van der Waals surface area (Å²) in [5, 5.41) is 1.05. The van der Waals surface area contributed by atoms with Gasteiger partial charge in [-0.05, 0) is 12.1 Å². The number of hydrogen-bond donors (Lipinski definition) is 0. The second-order valence-corrected chi connectivity index (χ2v) is 6.24. The largest absolute Gasteiger partial charge is 0.367 e. The van der Waals surface area contributed by atoms with E-state index in [4.69, 9.17) is 4.52 Å². The van der Waals surface area contributed by atoms with Gasteiger partial charge in [0.25, 0.3) is 0 Å². The van der Waals surface area contributed by atoms with Gasteiger partial charge in [0.2, 0.25) is 0 Å². The van der Waals surface area contributed by atoms with Gasteiger partial charge in [0.15, 0.2) is 0 Å². The molecule has 108 valence electrons. The second-order valence-electron chi connectivity index (χ2n) is 6.24. The highest BCUT2D eigenvalue weighted by molar-refractivity contribution is 5.81. The average Bonchev–Trinajstić information content (AvgIpc) is 2.73. The van der Waals surface area contributed by atoms with Crippen molar-refractivity contribution in [3.8, 4) is 11.3 Å². The van der Waals surface area contributed by atoms with Crippen molar-refractivity contribution in [2.75, 3.05) is 0 Å². The first kappa shape index (κ1) is 13.6. The minimum Gasteiger partial charge on any atom is -0.336 e. The zero-order valence-electron chi connectivity index (χ0n) is 12.7. The third-order valence-electron chi connectivity index (χ3n) is 3.54. The molecule has 0 saturated carbocycles. The predicted molar refractivity (Wildman–Crippen MR) is 83.4 cm³/mol. The van der Waals surface area contributed by atoms with Crippen molar-refractivity contribution in [2.45, 2.75) is 26.2 Å². The number of aryl methyl sites for hydroxylation is 1. The van der Waals surface area contributed by atoms with Crippen molar-refractivity contribution in [1.82, 2.24) is 9.72 Å². The van der Waals surface area contributed by atoms with E-state index in [0.29, 0.717) is 11.3 Å². The highest BCUT2D eigenvalue weighted by Crippen LogP contribution is 2.30. The number of nitrogens with zero attached hydrogens (tertiary/aromatic N) is 2. The molecule has 21 heavy (non-hydrogen) atoms. The Labute approximate surface area is 123 Å². The standard InChI is InChI=1S/C17H18N2O2/c1-17(2,3)15-14(16(20)21-19(15)4)13-10-9-11-7-5-6-8-12(11)18-13/h5-10H,1-4H3. The molecular weight excluding hydrogens is 264 g/mol. The van der Waals surface area contributed by atoms with E-state index in [9.17, 15) is 4.79 Å². The molecule has 3 rings (SSSR count). The molecule has 0 bridgehead atoms. The van der Waals surface area contributed by atoms with E-state index in [0.717, 1.165) is 16.6 Å². The number of para-hydroxylation sites is 1. The van der Waals surface area contributed by atoms with E-state index < -0.39 is 0 Å². The first-order valence-corrected chi connectivity index (χ1v) is 6.95. The van der Waals surface area contributed by atoms with E-state index in [1.165, 1.54) is 0 Å². The molecule has 0 amide bonds. The molecule has 0 atom stereocenters. The Morgan fingerprint density at radius 2 is 1.81 bits per heavy atom. The van der Waals surface area contributed by atoms with Gasteiger partial charge in [0, 0.05) is 17.8 Å². The minimum atomic E-state index is -0.342. The normalized spacial score (nSPS) is 12.0. The summed E-state index contributed by atoms with van der Waals surface area (Å²) in [7, 11) is 1.76. The summed E-state index contributed by atoms with van der Waals surface area (Å²) in [6, 6.07) is 11.7. The smallest absolute Gasteiger partial charge is 0.336 e. The second kappa shape index (κ2) is 4.58. The van der Waals surface area contributed by atoms with E-state index in [1.54, 1.807) is 11.8 Å². The van der Waals surface area contributed by atoms with Crippen molar-refractivity contribution in [2.24, 2.45) is 7.05 Å². The van der Waals surface area contributed by atoms with Crippen molar-refractivity contribution >= 4 is 10.9 Å². The fourth-order valence-corrected chi connectivity index (χ4v) is 2.75. The summed E-state index contributed by atoms with van der Waals surface area (Å²) < 4.78 is 6.81. The van der Waals surface area contributed by atoms with Crippen LogP contribution in [0.2, 0.25) is 0 Å². The summed E-state index contributed by atoms with van der Waals surface area (Å²) in [6.45, 7) is 6.17. The molecule has 0 saturated heterocycles. The molecular formula is C17H18N2O2. The number of rotatable bonds is 1. The van der Waals surface area contributed by atoms with Crippen LogP contribution in [0.25, 0.3) is 22.2 Å². The summed E-state index contributed by atoms with van der Waals surface area (Å²) in [5.41, 5.74) is 2.39. The van der Waals surface area contributed by atoms with Crippen LogP contribution in [0.5, 0.6) is 0 Å². The Hall–Kier alpha value is -2.36. The highest BCUT2D eigenvalue weighted by atomic mass is 16.5. The van der Waals surface area contributed by atoms with Gasteiger partial charge in [-0.3, -0.25) is 0 Å². The number of hydrogen-bond acceptors (Lipinski definition) is 3. The van der Waals surface area contributed by atoms with Gasteiger partial charge in [-0.15, -0.1) is 0 Å². The van der Waals surface area contributed by atoms with Gasteiger partial charge in [-0.25, -0.2) is 14.5 Å². The fraction of sp³-hybridized carbons (Fsp3) is 0.294. The van der Waals surface area contributed by atoms with Crippen molar-refractivity contribution in [3.63, 3.8) is 0 Å². The molecule has 0 aliphatic heterocycles. The molecule has 0 N–H and O–H groups in total. The summed E-state index contributed by atoms with van der Waals surface area (Å²) >= 11 is 0. The lowest BCUT2D eigenvalue weighted by molar-refractivity contribution is 0.265. The van der Waals surface area contributed by atoms with E-state index >= 15 is 0 Å². The van der Waals surface area contributed by atoms with Crippen LogP contribution in [0.4, 0.5) is 0 Å². The SMILES string of the molecule is Cn1oc(=O)c(-c2ccc3ccccc3n2)c1C(C)(C)C. The Bertz CT molecular complexity index is 866. The fourth-order valence-electron chi connectivity index (χ4n) is 2.75. The topological polar surface area (TPSA) is 48.0 Å².